The van der Waals surface area contributed by atoms with E-state index >= 15 is 0 Å². The summed E-state index contributed by atoms with van der Waals surface area (Å²) in [6, 6.07) is 3.64. The van der Waals surface area contributed by atoms with Crippen LogP contribution in [0.2, 0.25) is 0 Å². The Labute approximate surface area is 126 Å². The minimum Gasteiger partial charge on any atom is -0.503 e. The molecule has 0 bridgehead atoms. The summed E-state index contributed by atoms with van der Waals surface area (Å²) in [7, 11) is 1.52. The van der Waals surface area contributed by atoms with Crippen LogP contribution in [0.4, 0.5) is 0 Å². The number of benzene rings is 1. The van der Waals surface area contributed by atoms with Gasteiger partial charge in [-0.1, -0.05) is 0 Å². The maximum atomic E-state index is 9.76. The Morgan fingerprint density at radius 3 is 2.85 bits per heavy atom. The molecule has 0 spiro atoms. The van der Waals surface area contributed by atoms with Crippen molar-refractivity contribution in [2.75, 3.05) is 7.11 Å². The summed E-state index contributed by atoms with van der Waals surface area (Å²) in [6.45, 7) is 4.46. The van der Waals surface area contributed by atoms with Gasteiger partial charge in [0.1, 0.15) is 5.76 Å². The van der Waals surface area contributed by atoms with Gasteiger partial charge >= 0.3 is 0 Å². The predicted octanol–water partition coefficient (Wildman–Crippen LogP) is 3.31. The number of hydrogen-bond donors (Lipinski definition) is 2. The Bertz CT molecular complexity index is 598. The Morgan fingerprint density at radius 1 is 1.50 bits per heavy atom. The molecule has 6 heteroatoms. The lowest BCUT2D eigenvalue weighted by Crippen LogP contribution is -2.18. The Hall–Kier alpha value is -1.53. The molecule has 1 heterocycles. The number of halogens is 1. The number of phenolic OH excluding ortho intramolecular Hbond substituents is 1. The van der Waals surface area contributed by atoms with Gasteiger partial charge in [0.2, 0.25) is 5.89 Å². The van der Waals surface area contributed by atoms with Crippen LogP contribution in [0.1, 0.15) is 30.2 Å². The van der Waals surface area contributed by atoms with Crippen LogP contribution in [0.5, 0.6) is 11.5 Å². The van der Waals surface area contributed by atoms with E-state index in [0.29, 0.717) is 22.7 Å². The fourth-order valence-electron chi connectivity index (χ4n) is 1.82. The number of aromatic hydroxyl groups is 1. The highest BCUT2D eigenvalue weighted by molar-refractivity contribution is 9.10. The summed E-state index contributed by atoms with van der Waals surface area (Å²) in [6.07, 6.45) is 1.70. The number of ether oxygens (including phenoxy) is 1. The zero-order valence-electron chi connectivity index (χ0n) is 11.6. The topological polar surface area (TPSA) is 67.5 Å². The number of nitrogens with one attached hydrogen (secondary N) is 1. The van der Waals surface area contributed by atoms with E-state index in [1.54, 1.807) is 12.3 Å². The maximum absolute atomic E-state index is 9.76. The minimum atomic E-state index is 0.00211. The molecule has 2 rings (SSSR count). The van der Waals surface area contributed by atoms with Crippen molar-refractivity contribution >= 4 is 15.9 Å². The monoisotopic (exact) mass is 340 g/mol. The first kappa shape index (κ1) is 14.9. The van der Waals surface area contributed by atoms with E-state index in [4.69, 9.17) is 9.15 Å². The lowest BCUT2D eigenvalue weighted by atomic mass is 10.2. The second-order valence-corrected chi connectivity index (χ2v) is 5.39. The maximum Gasteiger partial charge on any atom is 0.211 e. The number of rotatable bonds is 5. The van der Waals surface area contributed by atoms with E-state index in [2.05, 4.69) is 26.2 Å². The van der Waals surface area contributed by atoms with E-state index in [1.807, 2.05) is 19.9 Å². The number of oxazole rings is 1. The molecule has 1 aromatic carbocycles. The number of nitrogens with zero attached hydrogens (tertiary/aromatic N) is 1. The number of aryl methyl sites for hydroxylation is 1. The molecule has 0 aliphatic heterocycles. The van der Waals surface area contributed by atoms with Crippen molar-refractivity contribution in [3.05, 3.63) is 40.0 Å². The van der Waals surface area contributed by atoms with Crippen molar-refractivity contribution in [3.8, 4) is 11.5 Å². The van der Waals surface area contributed by atoms with E-state index in [1.165, 1.54) is 7.11 Å². The third-order valence-electron chi connectivity index (χ3n) is 2.93. The van der Waals surface area contributed by atoms with Gasteiger partial charge < -0.3 is 19.6 Å². The second-order valence-electron chi connectivity index (χ2n) is 4.54. The first-order chi connectivity index (χ1) is 9.51. The van der Waals surface area contributed by atoms with Crippen LogP contribution in [0.3, 0.4) is 0 Å². The molecule has 0 radical (unpaired) electrons. The Kier molecular flexibility index (Phi) is 4.67. The number of aromatic nitrogens is 1. The Balaban J connectivity index is 2.05. The molecule has 0 saturated heterocycles. The highest BCUT2D eigenvalue weighted by Gasteiger charge is 2.12. The number of phenols is 1. The molecule has 2 aromatic rings. The molecule has 0 amide bonds. The van der Waals surface area contributed by atoms with Gasteiger partial charge in [0.05, 0.1) is 23.8 Å². The van der Waals surface area contributed by atoms with Gasteiger partial charge in [-0.05, 0) is 47.5 Å². The molecule has 1 atom stereocenters. The Morgan fingerprint density at radius 2 is 2.25 bits per heavy atom. The van der Waals surface area contributed by atoms with Crippen LogP contribution in [0, 0.1) is 6.92 Å². The zero-order chi connectivity index (χ0) is 14.7. The molecule has 20 heavy (non-hydrogen) atoms. The lowest BCUT2D eigenvalue weighted by Gasteiger charge is -2.12. The van der Waals surface area contributed by atoms with Gasteiger partial charge in [-0.3, -0.25) is 0 Å². The molecular weight excluding hydrogens is 324 g/mol. The third-order valence-corrected chi connectivity index (χ3v) is 3.53. The average molecular weight is 341 g/mol. The average Bonchev–Trinajstić information content (AvgIpc) is 2.86. The second kappa shape index (κ2) is 6.28. The van der Waals surface area contributed by atoms with Crippen LogP contribution >= 0.6 is 15.9 Å². The smallest absolute Gasteiger partial charge is 0.211 e. The summed E-state index contributed by atoms with van der Waals surface area (Å²) >= 11 is 3.30. The molecular formula is C14H17BrN2O3. The van der Waals surface area contributed by atoms with E-state index in [0.717, 1.165) is 11.3 Å². The van der Waals surface area contributed by atoms with Crippen LogP contribution in [0.15, 0.2) is 27.2 Å². The fourth-order valence-corrected chi connectivity index (χ4v) is 2.30. The van der Waals surface area contributed by atoms with Crippen molar-refractivity contribution in [1.29, 1.82) is 0 Å². The quantitative estimate of drug-likeness (QED) is 0.873. The van der Waals surface area contributed by atoms with Gasteiger partial charge in [-0.15, -0.1) is 0 Å². The first-order valence-electron chi connectivity index (χ1n) is 6.22. The van der Waals surface area contributed by atoms with Crippen LogP contribution in [-0.2, 0) is 6.54 Å². The van der Waals surface area contributed by atoms with Crippen LogP contribution in [-0.4, -0.2) is 17.2 Å². The number of methoxy groups -OCH3 is 1. The van der Waals surface area contributed by atoms with Gasteiger partial charge in [-0.25, -0.2) is 4.98 Å². The fraction of sp³-hybridized carbons (Fsp3) is 0.357. The predicted molar refractivity (Wildman–Crippen MR) is 78.9 cm³/mol. The summed E-state index contributed by atoms with van der Waals surface area (Å²) in [5, 5.41) is 13.1. The van der Waals surface area contributed by atoms with Crippen molar-refractivity contribution in [1.82, 2.24) is 10.3 Å². The van der Waals surface area contributed by atoms with Crippen molar-refractivity contribution in [2.45, 2.75) is 26.4 Å². The van der Waals surface area contributed by atoms with Gasteiger partial charge in [-0.2, -0.15) is 0 Å². The molecule has 108 valence electrons. The molecule has 2 N–H and O–H groups in total. The van der Waals surface area contributed by atoms with E-state index in [9.17, 15) is 5.11 Å². The molecule has 5 nitrogen and oxygen atoms in total. The summed E-state index contributed by atoms with van der Waals surface area (Å²) < 4.78 is 11.2. The van der Waals surface area contributed by atoms with Gasteiger partial charge in [0, 0.05) is 6.54 Å². The van der Waals surface area contributed by atoms with Crippen LogP contribution < -0.4 is 10.1 Å². The van der Waals surface area contributed by atoms with E-state index in [-0.39, 0.29) is 11.8 Å². The third kappa shape index (κ3) is 3.32. The first-order valence-corrected chi connectivity index (χ1v) is 7.01. The van der Waals surface area contributed by atoms with Crippen molar-refractivity contribution in [3.63, 3.8) is 0 Å². The largest absolute Gasteiger partial charge is 0.503 e. The molecule has 0 aliphatic carbocycles. The molecule has 1 unspecified atom stereocenters. The molecule has 0 aliphatic rings. The number of hydrogen-bond acceptors (Lipinski definition) is 5. The standard InChI is InChI=1S/C14H17BrN2O3/c1-8-6-17-14(20-8)9(2)16-7-10-4-11(15)13(18)12(5-10)19-3/h4-6,9,16,18H,7H2,1-3H3. The van der Waals surface area contributed by atoms with Crippen LogP contribution in [0.25, 0.3) is 0 Å². The molecule has 0 fully saturated rings. The van der Waals surface area contributed by atoms with Crippen molar-refractivity contribution in [2.24, 2.45) is 0 Å². The highest BCUT2D eigenvalue weighted by Crippen LogP contribution is 2.35. The lowest BCUT2D eigenvalue weighted by molar-refractivity contribution is 0.370. The minimum absolute atomic E-state index is 0.00211. The van der Waals surface area contributed by atoms with Gasteiger partial charge in [0.25, 0.3) is 0 Å². The zero-order valence-corrected chi connectivity index (χ0v) is 13.2. The summed E-state index contributed by atoms with van der Waals surface area (Å²) in [5.74, 6) is 2.00. The molecule has 0 saturated carbocycles. The SMILES string of the molecule is COc1cc(CNC(C)c2ncc(C)o2)cc(Br)c1O. The normalized spacial score (nSPS) is 12.4. The van der Waals surface area contributed by atoms with Gasteiger partial charge in [0.15, 0.2) is 11.5 Å². The highest BCUT2D eigenvalue weighted by atomic mass is 79.9. The summed E-state index contributed by atoms with van der Waals surface area (Å²) in [4.78, 5) is 4.19. The molecule has 1 aromatic heterocycles. The van der Waals surface area contributed by atoms with Crippen molar-refractivity contribution < 1.29 is 14.3 Å². The summed E-state index contributed by atoms with van der Waals surface area (Å²) in [5.41, 5.74) is 0.988. The van der Waals surface area contributed by atoms with E-state index < -0.39 is 0 Å².